The molecule has 4 aromatic rings. The highest BCUT2D eigenvalue weighted by atomic mass is 19.1. The number of hydrogen-bond donors (Lipinski definition) is 2. The molecule has 1 aliphatic heterocycles. The summed E-state index contributed by atoms with van der Waals surface area (Å²) in [5, 5.41) is 0.913. The predicted molar refractivity (Wildman–Crippen MR) is 109 cm³/mol. The van der Waals surface area contributed by atoms with E-state index in [0.717, 1.165) is 45.8 Å². The highest BCUT2D eigenvalue weighted by Crippen LogP contribution is 2.36. The van der Waals surface area contributed by atoms with Crippen molar-refractivity contribution in [3.8, 4) is 17.1 Å². The van der Waals surface area contributed by atoms with Crippen LogP contribution in [0.4, 0.5) is 10.1 Å². The molecule has 1 aliphatic rings. The summed E-state index contributed by atoms with van der Waals surface area (Å²) in [6.07, 6.45) is 1.69. The normalized spacial score (nSPS) is 16.2. The van der Waals surface area contributed by atoms with Crippen molar-refractivity contribution in [3.63, 3.8) is 0 Å². The van der Waals surface area contributed by atoms with Gasteiger partial charge in [0.1, 0.15) is 23.4 Å². The summed E-state index contributed by atoms with van der Waals surface area (Å²) in [6, 6.07) is 10.5. The van der Waals surface area contributed by atoms with Crippen molar-refractivity contribution in [2.24, 2.45) is 0 Å². The van der Waals surface area contributed by atoms with Crippen LogP contribution in [0.5, 0.6) is 5.75 Å². The molecule has 3 N–H and O–H groups in total. The minimum absolute atomic E-state index is 0.252. The monoisotopic (exact) mass is 392 g/mol. The van der Waals surface area contributed by atoms with E-state index in [1.165, 1.54) is 12.1 Å². The molecule has 2 aromatic heterocycles. The molecule has 6 nitrogen and oxygen atoms in total. The van der Waals surface area contributed by atoms with Crippen LogP contribution in [0, 0.1) is 12.7 Å². The second-order valence-electron chi connectivity index (χ2n) is 7.26. The number of nitrogens with zero attached hydrogens (tertiary/aromatic N) is 2. The SMILES string of the molecule is COc1c(N)ccc2[nH]c(-c3cn4c(n3)C(c3ccc(F)cc3C)OCC4)cc12. The summed E-state index contributed by atoms with van der Waals surface area (Å²) >= 11 is 0. The number of aromatic amines is 1. The van der Waals surface area contributed by atoms with Crippen molar-refractivity contribution in [3.05, 3.63) is 65.4 Å². The summed E-state index contributed by atoms with van der Waals surface area (Å²) in [7, 11) is 1.61. The first-order valence-electron chi connectivity index (χ1n) is 9.45. The summed E-state index contributed by atoms with van der Waals surface area (Å²) in [5.41, 5.74) is 11.0. The quantitative estimate of drug-likeness (QED) is 0.513. The Kier molecular flexibility index (Phi) is 4.06. The van der Waals surface area contributed by atoms with Crippen LogP contribution >= 0.6 is 0 Å². The van der Waals surface area contributed by atoms with Gasteiger partial charge in [0, 0.05) is 23.6 Å². The molecule has 1 atom stereocenters. The maximum absolute atomic E-state index is 13.5. The van der Waals surface area contributed by atoms with E-state index in [0.29, 0.717) is 18.0 Å². The number of ether oxygens (including phenoxy) is 2. The van der Waals surface area contributed by atoms with Crippen LogP contribution in [0.1, 0.15) is 23.1 Å². The molecule has 3 heterocycles. The van der Waals surface area contributed by atoms with Gasteiger partial charge < -0.3 is 24.8 Å². The molecular formula is C22H21FN4O2. The van der Waals surface area contributed by atoms with E-state index < -0.39 is 0 Å². The van der Waals surface area contributed by atoms with E-state index in [2.05, 4.69) is 9.55 Å². The van der Waals surface area contributed by atoms with Gasteiger partial charge in [0.15, 0.2) is 5.75 Å². The van der Waals surface area contributed by atoms with Gasteiger partial charge in [-0.05, 0) is 48.4 Å². The molecule has 0 bridgehead atoms. The lowest BCUT2D eigenvalue weighted by Crippen LogP contribution is -2.23. The number of aromatic nitrogens is 3. The average Bonchev–Trinajstić information content (AvgIpc) is 3.32. The van der Waals surface area contributed by atoms with Crippen molar-refractivity contribution in [1.29, 1.82) is 0 Å². The van der Waals surface area contributed by atoms with E-state index in [9.17, 15) is 4.39 Å². The van der Waals surface area contributed by atoms with E-state index in [4.69, 9.17) is 20.2 Å². The maximum atomic E-state index is 13.5. The highest BCUT2D eigenvalue weighted by Gasteiger charge is 2.27. The Labute approximate surface area is 167 Å². The van der Waals surface area contributed by atoms with Gasteiger partial charge in [-0.3, -0.25) is 0 Å². The average molecular weight is 392 g/mol. The van der Waals surface area contributed by atoms with E-state index in [1.54, 1.807) is 13.2 Å². The van der Waals surface area contributed by atoms with Crippen LogP contribution in [0.2, 0.25) is 0 Å². The molecule has 0 aliphatic carbocycles. The van der Waals surface area contributed by atoms with Gasteiger partial charge in [-0.15, -0.1) is 0 Å². The number of hydrogen-bond acceptors (Lipinski definition) is 4. The molecule has 148 valence electrons. The van der Waals surface area contributed by atoms with Crippen LogP contribution in [0.25, 0.3) is 22.3 Å². The van der Waals surface area contributed by atoms with Gasteiger partial charge in [-0.2, -0.15) is 0 Å². The zero-order valence-electron chi connectivity index (χ0n) is 16.2. The fraction of sp³-hybridized carbons (Fsp3) is 0.227. The van der Waals surface area contributed by atoms with Crippen molar-refractivity contribution >= 4 is 16.6 Å². The third-order valence-corrected chi connectivity index (χ3v) is 5.44. The maximum Gasteiger partial charge on any atom is 0.151 e. The van der Waals surface area contributed by atoms with Crippen LogP contribution in [-0.4, -0.2) is 28.3 Å². The second-order valence-corrected chi connectivity index (χ2v) is 7.26. The third-order valence-electron chi connectivity index (χ3n) is 5.44. The Balaban J connectivity index is 1.59. The zero-order valence-corrected chi connectivity index (χ0v) is 16.2. The molecule has 2 aromatic carbocycles. The summed E-state index contributed by atoms with van der Waals surface area (Å²) in [4.78, 5) is 8.25. The number of aryl methyl sites for hydroxylation is 1. The van der Waals surface area contributed by atoms with Crippen molar-refractivity contribution < 1.29 is 13.9 Å². The molecule has 0 amide bonds. The Morgan fingerprint density at radius 3 is 2.93 bits per heavy atom. The number of halogens is 1. The summed E-state index contributed by atoms with van der Waals surface area (Å²) < 4.78 is 27.1. The van der Waals surface area contributed by atoms with Crippen molar-refractivity contribution in [1.82, 2.24) is 14.5 Å². The first-order valence-corrected chi connectivity index (χ1v) is 9.45. The van der Waals surface area contributed by atoms with Crippen molar-refractivity contribution in [2.45, 2.75) is 19.6 Å². The first kappa shape index (κ1) is 17.8. The molecule has 0 spiro atoms. The lowest BCUT2D eigenvalue weighted by Gasteiger charge is -2.25. The van der Waals surface area contributed by atoms with Gasteiger partial charge in [-0.1, -0.05) is 6.07 Å². The molecular weight excluding hydrogens is 371 g/mol. The smallest absolute Gasteiger partial charge is 0.151 e. The number of methoxy groups -OCH3 is 1. The fourth-order valence-corrected chi connectivity index (χ4v) is 4.01. The first-order chi connectivity index (χ1) is 14.0. The van der Waals surface area contributed by atoms with Gasteiger partial charge in [0.05, 0.1) is 25.1 Å². The predicted octanol–water partition coefficient (Wildman–Crippen LogP) is 4.19. The number of benzene rings is 2. The number of fused-ring (bicyclic) bond motifs is 2. The van der Waals surface area contributed by atoms with Crippen LogP contribution in [0.3, 0.4) is 0 Å². The number of nitrogens with one attached hydrogen (secondary N) is 1. The molecule has 1 unspecified atom stereocenters. The Morgan fingerprint density at radius 2 is 2.14 bits per heavy atom. The minimum atomic E-state index is -0.326. The Bertz CT molecular complexity index is 1230. The number of imidazole rings is 1. The highest BCUT2D eigenvalue weighted by molar-refractivity contribution is 5.94. The number of nitrogens with two attached hydrogens (primary N) is 1. The van der Waals surface area contributed by atoms with Gasteiger partial charge >= 0.3 is 0 Å². The number of nitrogen functional groups attached to an aromatic ring is 1. The van der Waals surface area contributed by atoms with Gasteiger partial charge in [0.25, 0.3) is 0 Å². The van der Waals surface area contributed by atoms with Crippen LogP contribution in [-0.2, 0) is 11.3 Å². The topological polar surface area (TPSA) is 78.1 Å². The minimum Gasteiger partial charge on any atom is -0.494 e. The molecule has 7 heteroatoms. The van der Waals surface area contributed by atoms with E-state index in [-0.39, 0.29) is 11.9 Å². The molecule has 29 heavy (non-hydrogen) atoms. The standard InChI is InChI=1S/C22H21FN4O2/c1-12-9-13(23)3-4-14(12)21-22-26-19(11-27(22)7-8-29-21)18-10-15-17(25-18)6-5-16(24)20(15)28-2/h3-6,9-11,21,25H,7-8,24H2,1-2H3. The lowest BCUT2D eigenvalue weighted by molar-refractivity contribution is 0.0426. The van der Waals surface area contributed by atoms with Gasteiger partial charge in [-0.25, -0.2) is 9.37 Å². The van der Waals surface area contributed by atoms with E-state index >= 15 is 0 Å². The lowest BCUT2D eigenvalue weighted by atomic mass is 10.0. The third kappa shape index (κ3) is 2.86. The van der Waals surface area contributed by atoms with Crippen molar-refractivity contribution in [2.75, 3.05) is 19.5 Å². The van der Waals surface area contributed by atoms with Gasteiger partial charge in [0.2, 0.25) is 0 Å². The number of H-pyrrole nitrogens is 1. The van der Waals surface area contributed by atoms with E-state index in [1.807, 2.05) is 31.3 Å². The Morgan fingerprint density at radius 1 is 1.28 bits per heavy atom. The number of rotatable bonds is 3. The molecule has 0 saturated carbocycles. The molecule has 0 fully saturated rings. The summed E-state index contributed by atoms with van der Waals surface area (Å²) in [5.74, 6) is 1.21. The second kappa shape index (κ2) is 6.63. The molecule has 0 saturated heterocycles. The van der Waals surface area contributed by atoms with Crippen LogP contribution in [0.15, 0.2) is 42.6 Å². The largest absolute Gasteiger partial charge is 0.494 e. The number of anilines is 1. The van der Waals surface area contributed by atoms with Crippen LogP contribution < -0.4 is 10.5 Å². The summed E-state index contributed by atoms with van der Waals surface area (Å²) in [6.45, 7) is 3.18. The zero-order chi connectivity index (χ0) is 20.1. The molecule has 5 rings (SSSR count). The Hall–Kier alpha value is -3.32. The fourth-order valence-electron chi connectivity index (χ4n) is 4.01. The molecule has 0 radical (unpaired) electrons.